The summed E-state index contributed by atoms with van der Waals surface area (Å²) in [6.07, 6.45) is 11.5. The van der Waals surface area contributed by atoms with Crippen LogP contribution >= 0.6 is 0 Å². The molecule has 2 aromatic heterocycles. The molecular formula is C20H19FN4O. The lowest BCUT2D eigenvalue weighted by molar-refractivity contribution is 0.0866. The summed E-state index contributed by atoms with van der Waals surface area (Å²) >= 11 is 0. The van der Waals surface area contributed by atoms with E-state index in [1.807, 2.05) is 0 Å². The van der Waals surface area contributed by atoms with Crippen molar-refractivity contribution in [3.63, 3.8) is 0 Å². The van der Waals surface area contributed by atoms with Crippen LogP contribution in [0, 0.1) is 23.1 Å². The van der Waals surface area contributed by atoms with Crippen molar-refractivity contribution < 1.29 is 9.18 Å². The largest absolute Gasteiger partial charge is 0.345 e. The Kier molecular flexibility index (Phi) is 4.15. The van der Waals surface area contributed by atoms with Crippen LogP contribution in [0.4, 0.5) is 4.39 Å². The first-order chi connectivity index (χ1) is 12.6. The fraction of sp³-hybridized carbons (Fsp3) is 0.400. The molecule has 0 saturated heterocycles. The highest BCUT2D eigenvalue weighted by atomic mass is 19.1. The van der Waals surface area contributed by atoms with Crippen LogP contribution in [-0.2, 0) is 0 Å². The Bertz CT molecular complexity index is 891. The molecule has 2 aliphatic rings. The zero-order valence-electron chi connectivity index (χ0n) is 14.3. The average molecular weight is 350 g/mol. The number of halogens is 1. The second-order valence-corrected chi connectivity index (χ2v) is 7.22. The lowest BCUT2D eigenvalue weighted by atomic mass is 9.73. The summed E-state index contributed by atoms with van der Waals surface area (Å²) in [7, 11) is 0. The van der Waals surface area contributed by atoms with Gasteiger partial charge in [-0.1, -0.05) is 5.92 Å². The number of hydrogen-bond acceptors (Lipinski definition) is 4. The Labute approximate surface area is 151 Å². The smallest absolute Gasteiger partial charge is 0.271 e. The first-order valence-corrected chi connectivity index (χ1v) is 8.82. The number of nitrogens with one attached hydrogen (secondary N) is 1. The van der Waals surface area contributed by atoms with E-state index in [9.17, 15) is 9.18 Å². The highest BCUT2D eigenvalue weighted by Crippen LogP contribution is 2.53. The van der Waals surface area contributed by atoms with Gasteiger partial charge in [-0.3, -0.25) is 9.78 Å². The van der Waals surface area contributed by atoms with Crippen LogP contribution in [0.5, 0.6) is 0 Å². The van der Waals surface area contributed by atoms with Crippen molar-refractivity contribution in [1.29, 1.82) is 0 Å². The quantitative estimate of drug-likeness (QED) is 0.846. The van der Waals surface area contributed by atoms with E-state index in [0.29, 0.717) is 5.69 Å². The highest BCUT2D eigenvalue weighted by Gasteiger charge is 2.51. The molecule has 0 unspecified atom stereocenters. The summed E-state index contributed by atoms with van der Waals surface area (Å²) in [4.78, 5) is 24.6. The molecule has 2 saturated carbocycles. The van der Waals surface area contributed by atoms with Crippen molar-refractivity contribution in [2.24, 2.45) is 5.41 Å². The van der Waals surface area contributed by atoms with Gasteiger partial charge in [-0.15, -0.1) is 0 Å². The topological polar surface area (TPSA) is 67.8 Å². The number of hydrogen-bond donors (Lipinski definition) is 1. The number of carbonyl (C=O) groups excluding carboxylic acids is 1. The molecule has 2 atom stereocenters. The third-order valence-corrected chi connectivity index (χ3v) is 5.45. The first kappa shape index (κ1) is 16.6. The average Bonchev–Trinajstić information content (AvgIpc) is 2.92. The lowest BCUT2D eigenvalue weighted by Gasteiger charge is -2.37. The van der Waals surface area contributed by atoms with E-state index in [1.165, 1.54) is 18.5 Å². The summed E-state index contributed by atoms with van der Waals surface area (Å²) in [6, 6.07) is 2.93. The SMILES string of the molecule is O=C(N[C@@]12CCC[C@@](C#Cc3ncccc3F)(CC1)C2)c1cnccn1. The molecule has 2 aliphatic carbocycles. The van der Waals surface area contributed by atoms with Gasteiger partial charge >= 0.3 is 0 Å². The number of pyridine rings is 1. The van der Waals surface area contributed by atoms with Gasteiger partial charge in [-0.25, -0.2) is 14.4 Å². The van der Waals surface area contributed by atoms with Gasteiger partial charge in [0.15, 0.2) is 5.82 Å². The van der Waals surface area contributed by atoms with E-state index in [2.05, 4.69) is 32.1 Å². The number of carbonyl (C=O) groups is 1. The maximum atomic E-state index is 13.8. The summed E-state index contributed by atoms with van der Waals surface area (Å²) < 4.78 is 13.8. The fourth-order valence-corrected chi connectivity index (χ4v) is 4.22. The Balaban J connectivity index is 1.53. The fourth-order valence-electron chi connectivity index (χ4n) is 4.22. The van der Waals surface area contributed by atoms with Gasteiger partial charge < -0.3 is 5.32 Å². The molecule has 1 amide bonds. The molecule has 2 fully saturated rings. The molecule has 0 aliphatic heterocycles. The molecule has 5 nitrogen and oxygen atoms in total. The Morgan fingerprint density at radius 3 is 2.88 bits per heavy atom. The van der Waals surface area contributed by atoms with Crippen LogP contribution in [0.2, 0.25) is 0 Å². The van der Waals surface area contributed by atoms with Gasteiger partial charge in [0.1, 0.15) is 11.4 Å². The molecule has 0 aromatic carbocycles. The Morgan fingerprint density at radius 2 is 2.08 bits per heavy atom. The van der Waals surface area contributed by atoms with Crippen molar-refractivity contribution >= 4 is 5.91 Å². The Hall–Kier alpha value is -2.81. The van der Waals surface area contributed by atoms with Crippen molar-refractivity contribution in [3.8, 4) is 11.8 Å². The number of fused-ring (bicyclic) bond motifs is 2. The molecule has 0 radical (unpaired) electrons. The van der Waals surface area contributed by atoms with Gasteiger partial charge in [0, 0.05) is 29.5 Å². The maximum absolute atomic E-state index is 13.8. The first-order valence-electron chi connectivity index (χ1n) is 8.82. The second-order valence-electron chi connectivity index (χ2n) is 7.22. The zero-order valence-corrected chi connectivity index (χ0v) is 14.3. The predicted molar refractivity (Wildman–Crippen MR) is 93.4 cm³/mol. The summed E-state index contributed by atoms with van der Waals surface area (Å²) in [5, 5.41) is 3.18. The minimum Gasteiger partial charge on any atom is -0.345 e. The molecule has 2 aromatic rings. The zero-order chi connectivity index (χ0) is 18.0. The molecule has 132 valence electrons. The normalized spacial score (nSPS) is 26.7. The Morgan fingerprint density at radius 1 is 1.15 bits per heavy atom. The van der Waals surface area contributed by atoms with Crippen LogP contribution < -0.4 is 5.32 Å². The van der Waals surface area contributed by atoms with E-state index in [1.54, 1.807) is 18.5 Å². The van der Waals surface area contributed by atoms with Gasteiger partial charge in [-0.05, 0) is 56.6 Å². The molecule has 2 bridgehead atoms. The van der Waals surface area contributed by atoms with Crippen LogP contribution in [0.1, 0.15) is 54.7 Å². The summed E-state index contributed by atoms with van der Waals surface area (Å²) in [5.74, 6) is 5.63. The van der Waals surface area contributed by atoms with E-state index >= 15 is 0 Å². The van der Waals surface area contributed by atoms with E-state index in [4.69, 9.17) is 0 Å². The monoisotopic (exact) mass is 350 g/mol. The number of amides is 1. The van der Waals surface area contributed by atoms with E-state index in [-0.39, 0.29) is 22.6 Å². The van der Waals surface area contributed by atoms with Gasteiger partial charge in [-0.2, -0.15) is 0 Å². The summed E-state index contributed by atoms with van der Waals surface area (Å²) in [6.45, 7) is 0. The highest BCUT2D eigenvalue weighted by molar-refractivity contribution is 5.92. The van der Waals surface area contributed by atoms with Gasteiger partial charge in [0.05, 0.1) is 6.20 Å². The minimum absolute atomic E-state index is 0.183. The number of aromatic nitrogens is 3. The molecule has 4 rings (SSSR count). The van der Waals surface area contributed by atoms with Crippen molar-refractivity contribution in [2.45, 2.75) is 44.1 Å². The van der Waals surface area contributed by atoms with E-state index < -0.39 is 5.82 Å². The van der Waals surface area contributed by atoms with Crippen molar-refractivity contribution in [3.05, 3.63) is 54.1 Å². The number of nitrogens with zero attached hydrogens (tertiary/aromatic N) is 3. The van der Waals surface area contributed by atoms with Gasteiger partial charge in [0.25, 0.3) is 5.91 Å². The minimum atomic E-state index is -0.396. The molecule has 0 spiro atoms. The molecule has 26 heavy (non-hydrogen) atoms. The van der Waals surface area contributed by atoms with Crippen LogP contribution in [0.25, 0.3) is 0 Å². The van der Waals surface area contributed by atoms with Crippen molar-refractivity contribution in [1.82, 2.24) is 20.3 Å². The van der Waals surface area contributed by atoms with Crippen LogP contribution in [0.15, 0.2) is 36.9 Å². The third-order valence-electron chi connectivity index (χ3n) is 5.45. The van der Waals surface area contributed by atoms with Crippen molar-refractivity contribution in [2.75, 3.05) is 0 Å². The van der Waals surface area contributed by atoms with Crippen LogP contribution in [0.3, 0.4) is 0 Å². The lowest BCUT2D eigenvalue weighted by Crippen LogP contribution is -2.49. The van der Waals surface area contributed by atoms with Crippen LogP contribution in [-0.4, -0.2) is 26.4 Å². The predicted octanol–water partition coefficient (Wildman–Crippen LogP) is 2.89. The third kappa shape index (κ3) is 3.17. The second kappa shape index (κ2) is 6.49. The van der Waals surface area contributed by atoms with Gasteiger partial charge in [0.2, 0.25) is 0 Å². The number of rotatable bonds is 2. The van der Waals surface area contributed by atoms with E-state index in [0.717, 1.165) is 38.5 Å². The maximum Gasteiger partial charge on any atom is 0.271 e. The molecule has 1 N–H and O–H groups in total. The standard InChI is InChI=1S/C20H19FN4O/c21-15-3-1-10-23-16(15)4-7-19-5-2-6-20(14-19,9-8-19)25-18(26)17-13-22-11-12-24-17/h1,3,10-13H,2,5-6,8-9,14H2,(H,25,26)/t19-,20+/m1/s1. The molecule has 2 heterocycles. The molecule has 6 heteroatoms. The summed E-state index contributed by atoms with van der Waals surface area (Å²) in [5.41, 5.74) is 0.0716. The molecular weight excluding hydrogens is 331 g/mol.